The number of ether oxygens (including phenoxy) is 2. The average molecular weight is 459 g/mol. The van der Waals surface area contributed by atoms with E-state index in [0.29, 0.717) is 31.4 Å². The van der Waals surface area contributed by atoms with E-state index in [0.717, 1.165) is 0 Å². The molecule has 0 spiro atoms. The minimum absolute atomic E-state index is 0.0876. The van der Waals surface area contributed by atoms with Crippen LogP contribution in [0.5, 0.6) is 0 Å². The highest BCUT2D eigenvalue weighted by Crippen LogP contribution is 2.34. The summed E-state index contributed by atoms with van der Waals surface area (Å²) in [4.78, 5) is 31.4. The Kier molecular flexibility index (Phi) is 6.22. The Bertz CT molecular complexity index is 1320. The van der Waals surface area contributed by atoms with Gasteiger partial charge in [-0.3, -0.25) is 9.36 Å². The lowest BCUT2D eigenvalue weighted by Crippen LogP contribution is -2.40. The standard InChI is InChI=1S/C22H19ClN2O5S/c1-13-18(21(27)30-11-10-28-2)19(15-7-3-4-8-16(15)23)25-20(26)17(31-22(25)24-13)12-14-6-5-9-29-14/h3-9,12,19H,10-11H2,1-2H3/b17-12-/t19-/m0/s1. The molecule has 9 heteroatoms. The molecule has 0 bridgehead atoms. The lowest BCUT2D eigenvalue weighted by molar-refractivity contribution is -0.140. The summed E-state index contributed by atoms with van der Waals surface area (Å²) in [5.74, 6) is -0.0157. The predicted molar refractivity (Wildman–Crippen MR) is 117 cm³/mol. The number of carbonyl (C=O) groups is 1. The summed E-state index contributed by atoms with van der Waals surface area (Å²) in [6.45, 7) is 2.07. The van der Waals surface area contributed by atoms with Gasteiger partial charge in [-0.1, -0.05) is 41.1 Å². The lowest BCUT2D eigenvalue weighted by Gasteiger charge is -2.25. The lowest BCUT2D eigenvalue weighted by atomic mass is 9.96. The van der Waals surface area contributed by atoms with Crippen molar-refractivity contribution in [2.45, 2.75) is 13.0 Å². The van der Waals surface area contributed by atoms with Crippen LogP contribution in [-0.4, -0.2) is 30.9 Å². The molecule has 0 unspecified atom stereocenters. The van der Waals surface area contributed by atoms with E-state index in [-0.39, 0.29) is 24.3 Å². The van der Waals surface area contributed by atoms with Crippen LogP contribution in [-0.2, 0) is 14.3 Å². The Morgan fingerprint density at radius 2 is 2.10 bits per heavy atom. The normalized spacial score (nSPS) is 16.2. The first-order valence-electron chi connectivity index (χ1n) is 9.48. The minimum Gasteiger partial charge on any atom is -0.465 e. The number of aromatic nitrogens is 1. The van der Waals surface area contributed by atoms with Crippen LogP contribution >= 0.6 is 22.9 Å². The van der Waals surface area contributed by atoms with Crippen molar-refractivity contribution < 1.29 is 18.7 Å². The van der Waals surface area contributed by atoms with E-state index in [4.69, 9.17) is 25.5 Å². The summed E-state index contributed by atoms with van der Waals surface area (Å²) in [5, 5.41) is 0.435. The fourth-order valence-electron chi connectivity index (χ4n) is 3.37. The summed E-state index contributed by atoms with van der Waals surface area (Å²) in [6, 6.07) is 9.85. The maximum Gasteiger partial charge on any atom is 0.338 e. The molecule has 1 aliphatic heterocycles. The number of furan rings is 1. The summed E-state index contributed by atoms with van der Waals surface area (Å²) in [5.41, 5.74) is 1.06. The summed E-state index contributed by atoms with van der Waals surface area (Å²) >= 11 is 7.71. The molecule has 0 radical (unpaired) electrons. The van der Waals surface area contributed by atoms with Crippen LogP contribution in [0.15, 0.2) is 68.1 Å². The van der Waals surface area contributed by atoms with E-state index in [9.17, 15) is 9.59 Å². The molecule has 0 fully saturated rings. The Labute approximate surface area is 186 Å². The number of nitrogens with zero attached hydrogens (tertiary/aromatic N) is 2. The third kappa shape index (κ3) is 4.14. The highest BCUT2D eigenvalue weighted by Gasteiger charge is 2.34. The van der Waals surface area contributed by atoms with Crippen molar-refractivity contribution in [3.63, 3.8) is 0 Å². The van der Waals surface area contributed by atoms with Crippen molar-refractivity contribution in [2.75, 3.05) is 20.3 Å². The average Bonchev–Trinajstić information content (AvgIpc) is 3.36. The van der Waals surface area contributed by atoms with Crippen molar-refractivity contribution >= 4 is 35.0 Å². The molecular formula is C22H19ClN2O5S. The molecule has 1 aromatic carbocycles. The number of carbonyl (C=O) groups excluding carboxylic acids is 1. The molecule has 0 N–H and O–H groups in total. The number of esters is 1. The predicted octanol–water partition coefficient (Wildman–Crippen LogP) is 2.67. The van der Waals surface area contributed by atoms with Gasteiger partial charge in [0.2, 0.25) is 0 Å². The second kappa shape index (κ2) is 9.05. The number of hydrogen-bond donors (Lipinski definition) is 0. The molecule has 3 aromatic rings. The van der Waals surface area contributed by atoms with Crippen LogP contribution < -0.4 is 14.9 Å². The molecule has 0 aliphatic carbocycles. The molecule has 160 valence electrons. The quantitative estimate of drug-likeness (QED) is 0.419. The number of hydrogen-bond acceptors (Lipinski definition) is 7. The van der Waals surface area contributed by atoms with E-state index >= 15 is 0 Å². The number of methoxy groups -OCH3 is 1. The first-order valence-corrected chi connectivity index (χ1v) is 10.7. The van der Waals surface area contributed by atoms with Gasteiger partial charge in [0.1, 0.15) is 18.4 Å². The number of fused-ring (bicyclic) bond motifs is 1. The van der Waals surface area contributed by atoms with Gasteiger partial charge in [0.05, 0.1) is 28.7 Å². The van der Waals surface area contributed by atoms with E-state index < -0.39 is 12.0 Å². The number of rotatable bonds is 6. The van der Waals surface area contributed by atoms with E-state index in [2.05, 4.69) is 4.99 Å². The van der Waals surface area contributed by atoms with Crippen molar-refractivity contribution in [3.05, 3.63) is 90.0 Å². The Hall–Kier alpha value is -2.94. The molecule has 7 nitrogen and oxygen atoms in total. The van der Waals surface area contributed by atoms with Crippen LogP contribution in [0, 0.1) is 0 Å². The van der Waals surface area contributed by atoms with E-state index in [1.165, 1.54) is 29.3 Å². The van der Waals surface area contributed by atoms with Crippen LogP contribution in [0.1, 0.15) is 24.3 Å². The van der Waals surface area contributed by atoms with Gasteiger partial charge in [-0.2, -0.15) is 0 Å². The minimum atomic E-state index is -0.765. The van der Waals surface area contributed by atoms with Crippen molar-refractivity contribution in [1.82, 2.24) is 4.57 Å². The fraction of sp³-hybridized carbons (Fsp3) is 0.227. The van der Waals surface area contributed by atoms with Crippen LogP contribution in [0.25, 0.3) is 6.08 Å². The largest absolute Gasteiger partial charge is 0.465 e. The van der Waals surface area contributed by atoms with Gasteiger partial charge >= 0.3 is 5.97 Å². The third-order valence-corrected chi connectivity index (χ3v) is 6.11. The highest BCUT2D eigenvalue weighted by atomic mass is 35.5. The van der Waals surface area contributed by atoms with Gasteiger partial charge in [0.15, 0.2) is 4.80 Å². The summed E-state index contributed by atoms with van der Waals surface area (Å²) in [6.07, 6.45) is 3.19. The third-order valence-electron chi connectivity index (χ3n) is 4.78. The van der Waals surface area contributed by atoms with Gasteiger partial charge in [0, 0.05) is 18.2 Å². The Morgan fingerprint density at radius 3 is 2.81 bits per heavy atom. The van der Waals surface area contributed by atoms with Gasteiger partial charge in [0.25, 0.3) is 5.56 Å². The molecule has 3 heterocycles. The van der Waals surface area contributed by atoms with Gasteiger partial charge < -0.3 is 13.9 Å². The van der Waals surface area contributed by atoms with E-state index in [1.54, 1.807) is 43.3 Å². The molecule has 0 saturated carbocycles. The first kappa shape index (κ1) is 21.3. The Morgan fingerprint density at radius 1 is 1.29 bits per heavy atom. The molecule has 4 rings (SSSR count). The molecule has 2 aromatic heterocycles. The maximum atomic E-state index is 13.4. The van der Waals surface area contributed by atoms with Gasteiger partial charge in [-0.05, 0) is 30.7 Å². The molecule has 0 amide bonds. The zero-order valence-electron chi connectivity index (χ0n) is 16.8. The highest BCUT2D eigenvalue weighted by molar-refractivity contribution is 7.07. The Balaban J connectivity index is 1.91. The van der Waals surface area contributed by atoms with Crippen molar-refractivity contribution in [2.24, 2.45) is 4.99 Å². The molecular weight excluding hydrogens is 440 g/mol. The number of benzene rings is 1. The molecule has 0 saturated heterocycles. The zero-order valence-corrected chi connectivity index (χ0v) is 18.4. The molecule has 31 heavy (non-hydrogen) atoms. The van der Waals surface area contributed by atoms with Crippen molar-refractivity contribution in [3.8, 4) is 0 Å². The SMILES string of the molecule is COCCOC(=O)C1=C(C)N=c2s/c(=C\c3ccco3)c(=O)n2[C@H]1c1ccccc1Cl. The van der Waals surface area contributed by atoms with Crippen LogP contribution in [0.2, 0.25) is 5.02 Å². The second-order valence-corrected chi connectivity index (χ2v) is 8.16. The monoisotopic (exact) mass is 458 g/mol. The first-order chi connectivity index (χ1) is 15.0. The van der Waals surface area contributed by atoms with Crippen LogP contribution in [0.3, 0.4) is 0 Å². The summed E-state index contributed by atoms with van der Waals surface area (Å²) in [7, 11) is 1.52. The maximum absolute atomic E-state index is 13.4. The van der Waals surface area contributed by atoms with Gasteiger partial charge in [-0.25, -0.2) is 9.79 Å². The zero-order chi connectivity index (χ0) is 22.0. The number of halogens is 1. The fourth-order valence-corrected chi connectivity index (χ4v) is 4.64. The van der Waals surface area contributed by atoms with Crippen molar-refractivity contribution in [1.29, 1.82) is 0 Å². The number of allylic oxidation sites excluding steroid dienone is 1. The van der Waals surface area contributed by atoms with Crippen LogP contribution in [0.4, 0.5) is 0 Å². The van der Waals surface area contributed by atoms with E-state index in [1.807, 2.05) is 6.07 Å². The number of thiazole rings is 1. The summed E-state index contributed by atoms with van der Waals surface area (Å²) < 4.78 is 17.6. The second-order valence-electron chi connectivity index (χ2n) is 6.75. The molecule has 1 aliphatic rings. The topological polar surface area (TPSA) is 83.0 Å². The van der Waals surface area contributed by atoms with Gasteiger partial charge in [-0.15, -0.1) is 0 Å². The molecule has 1 atom stereocenters. The smallest absolute Gasteiger partial charge is 0.338 e.